The Bertz CT molecular complexity index is 919. The Kier molecular flexibility index (Phi) is 7.27. The second-order valence-corrected chi connectivity index (χ2v) is 8.68. The molecule has 0 spiro atoms. The molecule has 2 aromatic rings. The first-order valence-electron chi connectivity index (χ1n) is 10.8. The van der Waals surface area contributed by atoms with Gasteiger partial charge in [-0.15, -0.1) is 0 Å². The van der Waals surface area contributed by atoms with Crippen molar-refractivity contribution in [2.24, 2.45) is 11.7 Å². The summed E-state index contributed by atoms with van der Waals surface area (Å²) in [6.45, 7) is 6.98. The summed E-state index contributed by atoms with van der Waals surface area (Å²) in [5.74, 6) is 1.24. The summed E-state index contributed by atoms with van der Waals surface area (Å²) >= 11 is 0. The summed E-state index contributed by atoms with van der Waals surface area (Å²) in [6.07, 6.45) is 3.30. The van der Waals surface area contributed by atoms with Crippen LogP contribution >= 0.6 is 0 Å². The quantitative estimate of drug-likeness (QED) is 0.506. The summed E-state index contributed by atoms with van der Waals surface area (Å²) in [5, 5.41) is 16.9. The summed E-state index contributed by atoms with van der Waals surface area (Å²) < 4.78 is 0. The highest BCUT2D eigenvalue weighted by molar-refractivity contribution is 5.94. The lowest BCUT2D eigenvalue weighted by molar-refractivity contribution is 0.1000. The van der Waals surface area contributed by atoms with E-state index in [1.807, 2.05) is 24.9 Å². The zero-order valence-electron chi connectivity index (χ0n) is 18.7. The number of hydrogen-bond acceptors (Lipinski definition) is 8. The molecule has 9 nitrogen and oxygen atoms in total. The monoisotopic (exact) mass is 427 g/mol. The Morgan fingerprint density at radius 3 is 2.61 bits per heavy atom. The SMILES string of the molecule is Cc1ccc(C(N)=O)cc1Nc1nc(N[C@H]2CCCCC2O)nc(N(C)CC(C)C)n1. The molecule has 9 heteroatoms. The average Bonchev–Trinajstić information content (AvgIpc) is 2.70. The minimum atomic E-state index is -0.496. The number of aliphatic hydroxyl groups excluding tert-OH is 1. The molecule has 1 fully saturated rings. The highest BCUT2D eigenvalue weighted by Gasteiger charge is 2.24. The number of carbonyl (C=O) groups is 1. The number of nitrogens with zero attached hydrogens (tertiary/aromatic N) is 4. The van der Waals surface area contributed by atoms with Crippen LogP contribution in [0.5, 0.6) is 0 Å². The Labute approximate surface area is 183 Å². The summed E-state index contributed by atoms with van der Waals surface area (Å²) in [5.41, 5.74) is 7.46. The number of nitrogens with two attached hydrogens (primary N) is 1. The third kappa shape index (κ3) is 6.04. The van der Waals surface area contributed by atoms with Crippen molar-refractivity contribution in [3.05, 3.63) is 29.3 Å². The molecule has 1 aliphatic carbocycles. The van der Waals surface area contributed by atoms with Crippen LogP contribution < -0.4 is 21.3 Å². The predicted molar refractivity (Wildman–Crippen MR) is 123 cm³/mol. The van der Waals surface area contributed by atoms with E-state index in [1.54, 1.807) is 12.1 Å². The Hall–Kier alpha value is -2.94. The van der Waals surface area contributed by atoms with E-state index in [0.717, 1.165) is 37.8 Å². The molecule has 1 heterocycles. The average molecular weight is 428 g/mol. The van der Waals surface area contributed by atoms with Gasteiger partial charge in [-0.25, -0.2) is 0 Å². The third-order valence-corrected chi connectivity index (χ3v) is 5.42. The first-order chi connectivity index (χ1) is 14.7. The molecule has 31 heavy (non-hydrogen) atoms. The van der Waals surface area contributed by atoms with E-state index < -0.39 is 12.0 Å². The Balaban J connectivity index is 1.92. The van der Waals surface area contributed by atoms with Gasteiger partial charge in [0.05, 0.1) is 12.1 Å². The van der Waals surface area contributed by atoms with Crippen molar-refractivity contribution in [2.75, 3.05) is 29.1 Å². The summed E-state index contributed by atoms with van der Waals surface area (Å²) in [4.78, 5) is 27.3. The molecule has 1 aromatic heterocycles. The van der Waals surface area contributed by atoms with Gasteiger partial charge in [0.25, 0.3) is 0 Å². The van der Waals surface area contributed by atoms with E-state index in [1.165, 1.54) is 0 Å². The smallest absolute Gasteiger partial charge is 0.248 e. The van der Waals surface area contributed by atoms with Crippen molar-refractivity contribution < 1.29 is 9.90 Å². The number of anilines is 4. The molecule has 0 radical (unpaired) electrons. The topological polar surface area (TPSA) is 129 Å². The molecule has 1 unspecified atom stereocenters. The van der Waals surface area contributed by atoms with Crippen LogP contribution in [0.2, 0.25) is 0 Å². The molecule has 1 aromatic carbocycles. The molecular weight excluding hydrogens is 394 g/mol. The van der Waals surface area contributed by atoms with Gasteiger partial charge in [0.2, 0.25) is 23.8 Å². The van der Waals surface area contributed by atoms with Crippen molar-refractivity contribution >= 4 is 29.4 Å². The molecule has 3 rings (SSSR count). The molecular formula is C22H33N7O2. The van der Waals surface area contributed by atoms with Crippen LogP contribution in [0.15, 0.2) is 18.2 Å². The molecule has 0 saturated heterocycles. The van der Waals surface area contributed by atoms with Crippen LogP contribution in [0, 0.1) is 12.8 Å². The lowest BCUT2D eigenvalue weighted by Gasteiger charge is -2.28. The third-order valence-electron chi connectivity index (χ3n) is 5.42. The van der Waals surface area contributed by atoms with Gasteiger partial charge < -0.3 is 26.4 Å². The van der Waals surface area contributed by atoms with Gasteiger partial charge in [0, 0.05) is 24.8 Å². The minimum absolute atomic E-state index is 0.0906. The second-order valence-electron chi connectivity index (χ2n) is 8.68. The molecule has 1 amide bonds. The minimum Gasteiger partial charge on any atom is -0.391 e. The number of aliphatic hydroxyl groups is 1. The molecule has 0 aliphatic heterocycles. The number of carbonyl (C=O) groups excluding carboxylic acids is 1. The van der Waals surface area contributed by atoms with Gasteiger partial charge in [-0.1, -0.05) is 32.8 Å². The number of benzene rings is 1. The molecule has 2 atom stereocenters. The van der Waals surface area contributed by atoms with Crippen LogP contribution in [0.1, 0.15) is 55.5 Å². The van der Waals surface area contributed by atoms with Gasteiger partial charge in [-0.2, -0.15) is 15.0 Å². The highest BCUT2D eigenvalue weighted by atomic mass is 16.3. The van der Waals surface area contributed by atoms with Crippen molar-refractivity contribution in [3.8, 4) is 0 Å². The first-order valence-corrected chi connectivity index (χ1v) is 10.8. The van der Waals surface area contributed by atoms with Gasteiger partial charge in [0.15, 0.2) is 0 Å². The lowest BCUT2D eigenvalue weighted by Crippen LogP contribution is -2.37. The van der Waals surface area contributed by atoms with Gasteiger partial charge >= 0.3 is 0 Å². The summed E-state index contributed by atoms with van der Waals surface area (Å²) in [7, 11) is 1.94. The number of hydrogen-bond donors (Lipinski definition) is 4. The largest absolute Gasteiger partial charge is 0.391 e. The van der Waals surface area contributed by atoms with E-state index in [0.29, 0.717) is 35.0 Å². The number of aryl methyl sites for hydroxylation is 1. The maximum absolute atomic E-state index is 11.6. The molecule has 5 N–H and O–H groups in total. The van der Waals surface area contributed by atoms with Gasteiger partial charge in [-0.3, -0.25) is 4.79 Å². The fraction of sp³-hybridized carbons (Fsp3) is 0.545. The van der Waals surface area contributed by atoms with Crippen LogP contribution in [0.4, 0.5) is 23.5 Å². The molecule has 0 bridgehead atoms. The van der Waals surface area contributed by atoms with E-state index in [-0.39, 0.29) is 6.04 Å². The standard InChI is InChI=1S/C22H33N7O2/c1-13(2)12-29(4)22-27-20(24-16-7-5-6-8-18(16)30)26-21(28-22)25-17-11-15(19(23)31)10-9-14(17)3/h9-11,13,16,18,30H,5-8,12H2,1-4H3,(H2,23,31)(H2,24,25,26,27,28)/t16-,18?/m0/s1. The number of aromatic nitrogens is 3. The van der Waals surface area contributed by atoms with E-state index >= 15 is 0 Å². The lowest BCUT2D eigenvalue weighted by atomic mass is 9.93. The van der Waals surface area contributed by atoms with Crippen LogP contribution in [0.3, 0.4) is 0 Å². The Morgan fingerprint density at radius 1 is 1.23 bits per heavy atom. The predicted octanol–water partition coefficient (Wildman–Crippen LogP) is 2.83. The summed E-state index contributed by atoms with van der Waals surface area (Å²) in [6, 6.07) is 5.12. The van der Waals surface area contributed by atoms with E-state index in [2.05, 4.69) is 39.4 Å². The van der Waals surface area contributed by atoms with Gasteiger partial charge in [0.1, 0.15) is 0 Å². The molecule has 1 saturated carbocycles. The van der Waals surface area contributed by atoms with Gasteiger partial charge in [-0.05, 0) is 43.4 Å². The van der Waals surface area contributed by atoms with Crippen molar-refractivity contribution in [1.82, 2.24) is 15.0 Å². The maximum atomic E-state index is 11.6. The number of nitrogens with one attached hydrogen (secondary N) is 2. The maximum Gasteiger partial charge on any atom is 0.248 e. The van der Waals surface area contributed by atoms with Crippen LogP contribution in [-0.4, -0.2) is 51.7 Å². The number of amides is 1. The van der Waals surface area contributed by atoms with Crippen LogP contribution in [0.25, 0.3) is 0 Å². The van der Waals surface area contributed by atoms with E-state index in [9.17, 15) is 9.90 Å². The van der Waals surface area contributed by atoms with Crippen molar-refractivity contribution in [2.45, 2.75) is 58.6 Å². The van der Waals surface area contributed by atoms with Crippen molar-refractivity contribution in [3.63, 3.8) is 0 Å². The van der Waals surface area contributed by atoms with E-state index in [4.69, 9.17) is 5.73 Å². The second kappa shape index (κ2) is 9.91. The molecule has 168 valence electrons. The van der Waals surface area contributed by atoms with Crippen LogP contribution in [-0.2, 0) is 0 Å². The first kappa shape index (κ1) is 22.7. The molecule has 1 aliphatic rings. The normalized spacial score (nSPS) is 18.6. The number of primary amides is 1. The zero-order chi connectivity index (χ0) is 22.5. The fourth-order valence-corrected chi connectivity index (χ4v) is 3.76. The highest BCUT2D eigenvalue weighted by Crippen LogP contribution is 2.25. The van der Waals surface area contributed by atoms with Crippen molar-refractivity contribution in [1.29, 1.82) is 0 Å². The Morgan fingerprint density at radius 2 is 1.94 bits per heavy atom. The fourth-order valence-electron chi connectivity index (χ4n) is 3.76. The number of rotatable bonds is 8. The zero-order valence-corrected chi connectivity index (χ0v) is 18.7.